The van der Waals surface area contributed by atoms with Crippen LogP contribution in [0.3, 0.4) is 0 Å². The third-order valence-electron chi connectivity index (χ3n) is 4.39. The van der Waals surface area contributed by atoms with Crippen LogP contribution in [-0.2, 0) is 11.8 Å². The van der Waals surface area contributed by atoms with E-state index in [1.165, 1.54) is 0 Å². The second-order valence-corrected chi connectivity index (χ2v) is 7.01. The largest absolute Gasteiger partial charge is 0.377 e. The smallest absolute Gasteiger partial charge is 0.149 e. The van der Waals surface area contributed by atoms with Crippen LogP contribution in [-0.4, -0.2) is 33.5 Å². The average molecular weight is 280 g/mol. The van der Waals surface area contributed by atoms with E-state index >= 15 is 0 Å². The van der Waals surface area contributed by atoms with Crippen LogP contribution < -0.4 is 5.32 Å². The van der Waals surface area contributed by atoms with E-state index in [4.69, 9.17) is 4.74 Å². The van der Waals surface area contributed by atoms with Gasteiger partial charge < -0.3 is 14.6 Å². The number of aryl methyl sites for hydroxylation is 1. The van der Waals surface area contributed by atoms with E-state index in [1.807, 2.05) is 11.6 Å². The number of nitrogens with zero attached hydrogens (tertiary/aromatic N) is 3. The van der Waals surface area contributed by atoms with Gasteiger partial charge in [0.15, 0.2) is 0 Å². The zero-order valence-electron chi connectivity index (χ0n) is 13.6. The lowest BCUT2D eigenvalue weighted by atomic mass is 9.64. The summed E-state index contributed by atoms with van der Waals surface area (Å²) in [5, 5.41) is 11.8. The van der Waals surface area contributed by atoms with Crippen molar-refractivity contribution in [3.05, 3.63) is 12.2 Å². The summed E-state index contributed by atoms with van der Waals surface area (Å²) in [6.07, 6.45) is 3.17. The molecule has 1 aromatic heterocycles. The molecule has 1 fully saturated rings. The average Bonchev–Trinajstić information content (AvgIpc) is 2.78. The van der Waals surface area contributed by atoms with Gasteiger partial charge in [0.2, 0.25) is 0 Å². The van der Waals surface area contributed by atoms with Gasteiger partial charge in [-0.3, -0.25) is 0 Å². The molecule has 20 heavy (non-hydrogen) atoms. The predicted molar refractivity (Wildman–Crippen MR) is 79.3 cm³/mol. The standard InChI is InChI=1S/C15H28N4O/c1-10(2)8-20-13-7-12(15(13,4)5)17-11(3)14-18-16-9-19(14)6/h9-13,17H,7-8H2,1-6H3. The molecule has 0 saturated heterocycles. The molecule has 5 heteroatoms. The van der Waals surface area contributed by atoms with Crippen molar-refractivity contribution in [3.8, 4) is 0 Å². The Morgan fingerprint density at radius 1 is 1.45 bits per heavy atom. The summed E-state index contributed by atoms with van der Waals surface area (Å²) in [5.41, 5.74) is 0.168. The van der Waals surface area contributed by atoms with Gasteiger partial charge in [0.1, 0.15) is 12.2 Å². The molecule has 114 valence electrons. The molecule has 1 heterocycles. The fourth-order valence-electron chi connectivity index (χ4n) is 2.82. The van der Waals surface area contributed by atoms with Crippen LogP contribution in [0.4, 0.5) is 0 Å². The van der Waals surface area contributed by atoms with Crippen molar-refractivity contribution in [3.63, 3.8) is 0 Å². The summed E-state index contributed by atoms with van der Waals surface area (Å²) in [5.74, 6) is 1.57. The van der Waals surface area contributed by atoms with Crippen molar-refractivity contribution < 1.29 is 4.74 Å². The van der Waals surface area contributed by atoms with Gasteiger partial charge in [-0.15, -0.1) is 10.2 Å². The van der Waals surface area contributed by atoms with Gasteiger partial charge in [0.25, 0.3) is 0 Å². The van der Waals surface area contributed by atoms with Crippen LogP contribution in [0.15, 0.2) is 6.33 Å². The molecule has 0 amide bonds. The van der Waals surface area contributed by atoms with Crippen LogP contribution in [0.25, 0.3) is 0 Å². The van der Waals surface area contributed by atoms with E-state index in [-0.39, 0.29) is 11.5 Å². The summed E-state index contributed by atoms with van der Waals surface area (Å²) in [6, 6.07) is 0.671. The number of rotatable bonds is 6. The normalized spacial score (nSPS) is 26.6. The maximum absolute atomic E-state index is 6.01. The Morgan fingerprint density at radius 3 is 2.65 bits per heavy atom. The highest BCUT2D eigenvalue weighted by molar-refractivity contribution is 5.05. The molecule has 0 spiro atoms. The lowest BCUT2D eigenvalue weighted by Gasteiger charge is -2.52. The van der Waals surface area contributed by atoms with Crippen LogP contribution in [0.2, 0.25) is 0 Å². The molecular formula is C15H28N4O. The number of ether oxygens (including phenoxy) is 1. The van der Waals surface area contributed by atoms with Crippen LogP contribution in [0, 0.1) is 11.3 Å². The zero-order valence-corrected chi connectivity index (χ0v) is 13.6. The fourth-order valence-corrected chi connectivity index (χ4v) is 2.82. The van der Waals surface area contributed by atoms with E-state index < -0.39 is 0 Å². The first-order valence-corrected chi connectivity index (χ1v) is 7.54. The lowest BCUT2D eigenvalue weighted by Crippen LogP contribution is -2.61. The second kappa shape index (κ2) is 5.82. The Morgan fingerprint density at radius 2 is 2.15 bits per heavy atom. The number of aromatic nitrogens is 3. The molecule has 0 aliphatic heterocycles. The zero-order chi connectivity index (χ0) is 14.9. The highest BCUT2D eigenvalue weighted by atomic mass is 16.5. The first-order chi connectivity index (χ1) is 9.32. The monoisotopic (exact) mass is 280 g/mol. The lowest BCUT2D eigenvalue weighted by molar-refractivity contribution is -0.125. The Balaban J connectivity index is 1.88. The van der Waals surface area contributed by atoms with E-state index in [2.05, 4.69) is 50.1 Å². The molecule has 1 aliphatic carbocycles. The summed E-state index contributed by atoms with van der Waals surface area (Å²) in [4.78, 5) is 0. The molecule has 2 rings (SSSR count). The number of hydrogen-bond acceptors (Lipinski definition) is 4. The molecule has 5 nitrogen and oxygen atoms in total. The van der Waals surface area contributed by atoms with E-state index in [9.17, 15) is 0 Å². The maximum atomic E-state index is 6.01. The summed E-state index contributed by atoms with van der Waals surface area (Å²) >= 11 is 0. The van der Waals surface area contributed by atoms with E-state index in [0.717, 1.165) is 18.9 Å². The highest BCUT2D eigenvalue weighted by Gasteiger charge is 2.49. The number of nitrogens with one attached hydrogen (secondary N) is 1. The molecule has 0 aromatic carbocycles. The van der Waals surface area contributed by atoms with E-state index in [1.54, 1.807) is 6.33 Å². The molecule has 1 saturated carbocycles. The molecule has 3 unspecified atom stereocenters. The van der Waals surface area contributed by atoms with Crippen LogP contribution in [0.5, 0.6) is 0 Å². The summed E-state index contributed by atoms with van der Waals surface area (Å²) in [7, 11) is 1.98. The van der Waals surface area contributed by atoms with Crippen molar-refractivity contribution in [1.29, 1.82) is 0 Å². The van der Waals surface area contributed by atoms with Crippen molar-refractivity contribution in [2.45, 2.75) is 59.2 Å². The van der Waals surface area contributed by atoms with Gasteiger partial charge in [-0.25, -0.2) is 0 Å². The fraction of sp³-hybridized carbons (Fsp3) is 0.867. The minimum absolute atomic E-state index is 0.168. The quantitative estimate of drug-likeness (QED) is 0.869. The van der Waals surface area contributed by atoms with Gasteiger partial charge in [0.05, 0.1) is 12.1 Å². The molecule has 1 N–H and O–H groups in total. The SMILES string of the molecule is CC(C)COC1CC(NC(C)c2nncn2C)C1(C)C. The van der Waals surface area contributed by atoms with Gasteiger partial charge >= 0.3 is 0 Å². The summed E-state index contributed by atoms with van der Waals surface area (Å²) in [6.45, 7) is 11.9. The van der Waals surface area contributed by atoms with Crippen LogP contribution in [0.1, 0.15) is 52.9 Å². The van der Waals surface area contributed by atoms with Gasteiger partial charge in [0, 0.05) is 25.1 Å². The predicted octanol–water partition coefficient (Wildman–Crippen LogP) is 2.31. The van der Waals surface area contributed by atoms with Crippen molar-refractivity contribution in [2.75, 3.05) is 6.61 Å². The minimum Gasteiger partial charge on any atom is -0.377 e. The van der Waals surface area contributed by atoms with E-state index in [0.29, 0.717) is 18.1 Å². The number of hydrogen-bond donors (Lipinski definition) is 1. The van der Waals surface area contributed by atoms with Crippen molar-refractivity contribution in [1.82, 2.24) is 20.1 Å². The third-order valence-corrected chi connectivity index (χ3v) is 4.39. The molecule has 3 atom stereocenters. The molecule has 1 aliphatic rings. The first kappa shape index (κ1) is 15.4. The Kier molecular flexibility index (Phi) is 4.49. The van der Waals surface area contributed by atoms with Gasteiger partial charge in [-0.05, 0) is 19.3 Å². The van der Waals surface area contributed by atoms with Crippen LogP contribution >= 0.6 is 0 Å². The van der Waals surface area contributed by atoms with Crippen molar-refractivity contribution >= 4 is 0 Å². The Bertz CT molecular complexity index is 441. The maximum Gasteiger partial charge on any atom is 0.149 e. The van der Waals surface area contributed by atoms with Crippen molar-refractivity contribution in [2.24, 2.45) is 18.4 Å². The highest BCUT2D eigenvalue weighted by Crippen LogP contribution is 2.43. The van der Waals surface area contributed by atoms with Gasteiger partial charge in [-0.1, -0.05) is 27.7 Å². The summed E-state index contributed by atoms with van der Waals surface area (Å²) < 4.78 is 7.98. The Labute approximate surface area is 122 Å². The second-order valence-electron chi connectivity index (χ2n) is 7.01. The first-order valence-electron chi connectivity index (χ1n) is 7.54. The molecule has 1 aromatic rings. The topological polar surface area (TPSA) is 52.0 Å². The minimum atomic E-state index is 0.168. The third kappa shape index (κ3) is 3.04. The van der Waals surface area contributed by atoms with Gasteiger partial charge in [-0.2, -0.15) is 0 Å². The molecular weight excluding hydrogens is 252 g/mol. The molecule has 0 bridgehead atoms. The Hall–Kier alpha value is -0.940. The molecule has 0 radical (unpaired) electrons.